The van der Waals surface area contributed by atoms with Gasteiger partial charge in [0.25, 0.3) is 0 Å². The number of hydrogen-bond acceptors (Lipinski definition) is 5. The van der Waals surface area contributed by atoms with E-state index in [-0.39, 0.29) is 28.7 Å². The van der Waals surface area contributed by atoms with Crippen LogP contribution in [-0.4, -0.2) is 48.7 Å². The van der Waals surface area contributed by atoms with Crippen molar-refractivity contribution >= 4 is 33.1 Å². The second-order valence-electron chi connectivity index (χ2n) is 3.82. The van der Waals surface area contributed by atoms with E-state index in [0.717, 1.165) is 4.31 Å². The number of pyridine rings is 1. The SMILES string of the molecule is CCN(CC(=O)NC)S(=O)(=O)c1cccnc1C(N)=S. The number of aromatic nitrogens is 1. The summed E-state index contributed by atoms with van der Waals surface area (Å²) in [6.45, 7) is 1.50. The van der Waals surface area contributed by atoms with Crippen molar-refractivity contribution in [3.8, 4) is 0 Å². The van der Waals surface area contributed by atoms with E-state index in [2.05, 4.69) is 10.3 Å². The first kappa shape index (κ1) is 16.5. The molecule has 0 aliphatic heterocycles. The maximum Gasteiger partial charge on any atom is 0.245 e. The second kappa shape index (κ2) is 6.73. The number of likely N-dealkylation sites (N-methyl/N-ethyl adjacent to an activating group) is 2. The Labute approximate surface area is 123 Å². The van der Waals surface area contributed by atoms with Gasteiger partial charge in [0.15, 0.2) is 0 Å². The van der Waals surface area contributed by atoms with Crippen LogP contribution in [-0.2, 0) is 14.8 Å². The molecule has 0 aliphatic rings. The number of rotatable bonds is 6. The first-order valence-corrected chi connectivity index (χ1v) is 7.65. The van der Waals surface area contributed by atoms with Gasteiger partial charge < -0.3 is 11.1 Å². The molecule has 110 valence electrons. The van der Waals surface area contributed by atoms with E-state index in [1.54, 1.807) is 6.92 Å². The zero-order valence-electron chi connectivity index (χ0n) is 11.2. The van der Waals surface area contributed by atoms with Crippen LogP contribution in [0.1, 0.15) is 12.6 Å². The van der Waals surface area contributed by atoms with Crippen LogP contribution in [0, 0.1) is 0 Å². The van der Waals surface area contributed by atoms with Crippen molar-refractivity contribution in [2.45, 2.75) is 11.8 Å². The van der Waals surface area contributed by atoms with Gasteiger partial charge >= 0.3 is 0 Å². The predicted octanol–water partition coefficient (Wildman–Crippen LogP) is -0.528. The van der Waals surface area contributed by atoms with Crippen LogP contribution in [0.3, 0.4) is 0 Å². The van der Waals surface area contributed by atoms with Crippen LogP contribution < -0.4 is 11.1 Å². The first-order chi connectivity index (χ1) is 9.34. The van der Waals surface area contributed by atoms with Gasteiger partial charge in [0.1, 0.15) is 15.6 Å². The Morgan fingerprint density at radius 1 is 1.55 bits per heavy atom. The normalized spacial score (nSPS) is 11.3. The average molecular weight is 316 g/mol. The zero-order valence-corrected chi connectivity index (χ0v) is 12.8. The molecule has 20 heavy (non-hydrogen) atoms. The Morgan fingerprint density at radius 2 is 2.20 bits per heavy atom. The number of sulfonamides is 1. The van der Waals surface area contributed by atoms with Crippen molar-refractivity contribution in [2.24, 2.45) is 5.73 Å². The van der Waals surface area contributed by atoms with Gasteiger partial charge in [-0.1, -0.05) is 19.1 Å². The lowest BCUT2D eigenvalue weighted by Gasteiger charge is -2.20. The van der Waals surface area contributed by atoms with E-state index < -0.39 is 15.9 Å². The lowest BCUT2D eigenvalue weighted by atomic mass is 10.3. The molecule has 1 amide bonds. The van der Waals surface area contributed by atoms with Gasteiger partial charge in [0.2, 0.25) is 15.9 Å². The third-order valence-corrected chi connectivity index (χ3v) is 4.72. The summed E-state index contributed by atoms with van der Waals surface area (Å²) >= 11 is 4.80. The molecule has 1 aromatic heterocycles. The molecule has 1 aromatic rings. The summed E-state index contributed by atoms with van der Waals surface area (Å²) in [4.78, 5) is 15.1. The molecule has 7 nitrogen and oxygen atoms in total. The number of carbonyl (C=O) groups is 1. The van der Waals surface area contributed by atoms with Gasteiger partial charge in [-0.15, -0.1) is 0 Å². The molecule has 1 rings (SSSR count). The number of hydrogen-bond donors (Lipinski definition) is 2. The van der Waals surface area contributed by atoms with Crippen LogP contribution in [0.4, 0.5) is 0 Å². The highest BCUT2D eigenvalue weighted by atomic mass is 32.2. The highest BCUT2D eigenvalue weighted by Gasteiger charge is 2.28. The van der Waals surface area contributed by atoms with Crippen molar-refractivity contribution in [2.75, 3.05) is 20.1 Å². The van der Waals surface area contributed by atoms with E-state index in [1.165, 1.54) is 25.4 Å². The standard InChI is InChI=1S/C11H16N4O3S2/c1-3-15(7-9(16)13-2)20(17,18)8-5-4-6-14-10(8)11(12)19/h4-6H,3,7H2,1-2H3,(H2,12,19)(H,13,16). The number of nitrogens with zero attached hydrogens (tertiary/aromatic N) is 2. The third-order valence-electron chi connectivity index (χ3n) is 2.57. The van der Waals surface area contributed by atoms with Crippen LogP contribution >= 0.6 is 12.2 Å². The smallest absolute Gasteiger partial charge is 0.245 e. The maximum atomic E-state index is 12.5. The lowest BCUT2D eigenvalue weighted by Crippen LogP contribution is -2.40. The Hall–Kier alpha value is -1.58. The Bertz CT molecular complexity index is 616. The van der Waals surface area contributed by atoms with Gasteiger partial charge in [0, 0.05) is 19.8 Å². The fourth-order valence-electron chi connectivity index (χ4n) is 1.53. The van der Waals surface area contributed by atoms with E-state index in [4.69, 9.17) is 18.0 Å². The van der Waals surface area contributed by atoms with Crippen LogP contribution in [0.2, 0.25) is 0 Å². The van der Waals surface area contributed by atoms with Gasteiger partial charge in [-0.2, -0.15) is 4.31 Å². The minimum Gasteiger partial charge on any atom is -0.388 e. The summed E-state index contributed by atoms with van der Waals surface area (Å²) < 4.78 is 26.1. The van der Waals surface area contributed by atoms with Crippen LogP contribution in [0.25, 0.3) is 0 Å². The van der Waals surface area contributed by atoms with E-state index >= 15 is 0 Å². The minimum atomic E-state index is -3.89. The molecule has 9 heteroatoms. The molecule has 3 N–H and O–H groups in total. The number of amides is 1. The van der Waals surface area contributed by atoms with Gasteiger partial charge in [0.05, 0.1) is 6.54 Å². The van der Waals surface area contributed by atoms with Crippen molar-refractivity contribution in [3.63, 3.8) is 0 Å². The molecular weight excluding hydrogens is 300 g/mol. The summed E-state index contributed by atoms with van der Waals surface area (Å²) in [7, 11) is -2.45. The molecule has 0 saturated carbocycles. The molecule has 0 unspecified atom stereocenters. The van der Waals surface area contributed by atoms with E-state index in [9.17, 15) is 13.2 Å². The monoisotopic (exact) mass is 316 g/mol. The van der Waals surface area contributed by atoms with Crippen molar-refractivity contribution in [3.05, 3.63) is 24.0 Å². The van der Waals surface area contributed by atoms with Crippen LogP contribution in [0.5, 0.6) is 0 Å². The van der Waals surface area contributed by atoms with Crippen molar-refractivity contribution in [1.82, 2.24) is 14.6 Å². The Balaban J connectivity index is 3.28. The van der Waals surface area contributed by atoms with E-state index in [0.29, 0.717) is 0 Å². The molecule has 0 aliphatic carbocycles. The Morgan fingerprint density at radius 3 is 2.70 bits per heavy atom. The number of carbonyl (C=O) groups excluding carboxylic acids is 1. The fraction of sp³-hybridized carbons (Fsp3) is 0.364. The molecule has 0 radical (unpaired) electrons. The molecule has 1 heterocycles. The second-order valence-corrected chi connectivity index (χ2v) is 6.16. The lowest BCUT2D eigenvalue weighted by molar-refractivity contribution is -0.120. The largest absolute Gasteiger partial charge is 0.388 e. The third kappa shape index (κ3) is 3.50. The quantitative estimate of drug-likeness (QED) is 0.684. The summed E-state index contributed by atoms with van der Waals surface area (Å²) in [5, 5.41) is 2.38. The fourth-order valence-corrected chi connectivity index (χ4v) is 3.32. The molecule has 0 fully saturated rings. The molecular formula is C11H16N4O3S2. The highest BCUT2D eigenvalue weighted by molar-refractivity contribution is 7.89. The zero-order chi connectivity index (χ0) is 15.3. The number of thiocarbonyl (C=S) groups is 1. The van der Waals surface area contributed by atoms with Crippen molar-refractivity contribution in [1.29, 1.82) is 0 Å². The van der Waals surface area contributed by atoms with Gasteiger partial charge in [-0.05, 0) is 12.1 Å². The predicted molar refractivity (Wildman–Crippen MR) is 78.6 cm³/mol. The van der Waals surface area contributed by atoms with E-state index in [1.807, 2.05) is 0 Å². The summed E-state index contributed by atoms with van der Waals surface area (Å²) in [6.07, 6.45) is 1.41. The van der Waals surface area contributed by atoms with Gasteiger partial charge in [-0.25, -0.2) is 8.42 Å². The summed E-state index contributed by atoms with van der Waals surface area (Å²) in [5.41, 5.74) is 5.51. The minimum absolute atomic E-state index is 0.0258. The van der Waals surface area contributed by atoms with Gasteiger partial charge in [-0.3, -0.25) is 9.78 Å². The molecule has 0 bridgehead atoms. The average Bonchev–Trinajstić information content (AvgIpc) is 2.44. The summed E-state index contributed by atoms with van der Waals surface area (Å²) in [6, 6.07) is 2.84. The molecule has 0 aromatic carbocycles. The van der Waals surface area contributed by atoms with Crippen molar-refractivity contribution < 1.29 is 13.2 Å². The summed E-state index contributed by atoms with van der Waals surface area (Å²) in [5.74, 6) is -0.406. The number of nitrogens with one attached hydrogen (secondary N) is 1. The maximum absolute atomic E-state index is 12.5. The molecule has 0 atom stereocenters. The number of nitrogens with two attached hydrogens (primary N) is 1. The topological polar surface area (TPSA) is 105 Å². The van der Waals surface area contributed by atoms with Crippen LogP contribution in [0.15, 0.2) is 23.2 Å². The first-order valence-electron chi connectivity index (χ1n) is 5.80. The highest BCUT2D eigenvalue weighted by Crippen LogP contribution is 2.18. The Kier molecular flexibility index (Phi) is 5.54. The molecule has 0 spiro atoms. The molecule has 0 saturated heterocycles.